The molecule has 1 aliphatic rings. The second-order valence-corrected chi connectivity index (χ2v) is 8.61. The summed E-state index contributed by atoms with van der Waals surface area (Å²) in [5, 5.41) is 0. The van der Waals surface area contributed by atoms with Crippen molar-refractivity contribution in [3.8, 4) is 0 Å². The Morgan fingerprint density at radius 1 is 1.09 bits per heavy atom. The first-order valence-electron chi connectivity index (χ1n) is 7.42. The van der Waals surface area contributed by atoms with Crippen molar-refractivity contribution in [2.45, 2.75) is 17.3 Å². The normalized spacial score (nSPS) is 20.5. The predicted molar refractivity (Wildman–Crippen MR) is 91.2 cm³/mol. The van der Waals surface area contributed by atoms with E-state index in [4.69, 9.17) is 0 Å². The molecule has 0 bridgehead atoms. The van der Waals surface area contributed by atoms with Crippen LogP contribution in [0.5, 0.6) is 0 Å². The molecule has 1 amide bonds. The Balaban J connectivity index is 1.71. The number of nitrogens with zero attached hydrogens (tertiary/aromatic N) is 1. The molecule has 0 spiro atoms. The zero-order valence-electron chi connectivity index (χ0n) is 12.4. The van der Waals surface area contributed by atoms with Crippen LogP contribution in [0.2, 0.25) is 4.31 Å². The summed E-state index contributed by atoms with van der Waals surface area (Å²) in [6.45, 7) is 5.40. The third-order valence-electron chi connectivity index (χ3n) is 3.87. The molecule has 1 saturated heterocycles. The number of carbonyl (C=O) groups is 1. The standard InChI is InChI=1S/C19H19NOSe/c1-2-13-19(22-17-11-7-4-8-12-17)15-20(18(19)21)14-16-9-5-3-6-10-16/h2-12H,1,13-15H2/t19-/m1/s1. The molecule has 3 heteroatoms. The predicted octanol–water partition coefficient (Wildman–Crippen LogP) is 2.79. The van der Waals surface area contributed by atoms with Gasteiger partial charge in [0, 0.05) is 0 Å². The molecule has 0 unspecified atom stereocenters. The van der Waals surface area contributed by atoms with Crippen LogP contribution in [0, 0.1) is 0 Å². The number of amides is 1. The van der Waals surface area contributed by atoms with Crippen molar-refractivity contribution in [1.29, 1.82) is 0 Å². The number of benzene rings is 2. The minimum atomic E-state index is -0.231. The molecule has 2 nitrogen and oxygen atoms in total. The third-order valence-corrected chi connectivity index (χ3v) is 6.74. The number of β-lactam (4-membered cyclic amide) rings is 1. The molecule has 0 saturated carbocycles. The van der Waals surface area contributed by atoms with Gasteiger partial charge in [-0.2, -0.15) is 0 Å². The first kappa shape index (κ1) is 15.1. The van der Waals surface area contributed by atoms with Gasteiger partial charge in [0.2, 0.25) is 0 Å². The van der Waals surface area contributed by atoms with Crippen LogP contribution in [0.15, 0.2) is 73.3 Å². The number of hydrogen-bond donors (Lipinski definition) is 0. The van der Waals surface area contributed by atoms with E-state index in [0.717, 1.165) is 13.0 Å². The van der Waals surface area contributed by atoms with Crippen molar-refractivity contribution >= 4 is 25.3 Å². The number of allylic oxidation sites excluding steroid dienone is 1. The summed E-state index contributed by atoms with van der Waals surface area (Å²) in [7, 11) is 0. The molecular formula is C19H19NOSe. The summed E-state index contributed by atoms with van der Waals surface area (Å²) in [4.78, 5) is 14.7. The van der Waals surface area contributed by atoms with Gasteiger partial charge in [0.05, 0.1) is 0 Å². The van der Waals surface area contributed by atoms with Crippen molar-refractivity contribution < 1.29 is 4.79 Å². The molecule has 1 aliphatic heterocycles. The van der Waals surface area contributed by atoms with Gasteiger partial charge >= 0.3 is 138 Å². The Morgan fingerprint density at radius 2 is 1.73 bits per heavy atom. The Hall–Kier alpha value is -1.83. The van der Waals surface area contributed by atoms with Gasteiger partial charge < -0.3 is 0 Å². The fraction of sp³-hybridized carbons (Fsp3) is 0.211. The average Bonchev–Trinajstić information content (AvgIpc) is 2.56. The maximum absolute atomic E-state index is 12.8. The van der Waals surface area contributed by atoms with Crippen LogP contribution < -0.4 is 4.46 Å². The molecule has 1 heterocycles. The van der Waals surface area contributed by atoms with Crippen LogP contribution in [0.25, 0.3) is 0 Å². The van der Waals surface area contributed by atoms with Gasteiger partial charge in [-0.05, 0) is 0 Å². The number of hydrogen-bond acceptors (Lipinski definition) is 1. The second-order valence-electron chi connectivity index (χ2n) is 5.55. The van der Waals surface area contributed by atoms with Gasteiger partial charge in [0.25, 0.3) is 0 Å². The fourth-order valence-corrected chi connectivity index (χ4v) is 5.69. The van der Waals surface area contributed by atoms with E-state index in [2.05, 4.69) is 30.8 Å². The molecule has 3 rings (SSSR count). The van der Waals surface area contributed by atoms with Crippen molar-refractivity contribution in [1.82, 2.24) is 4.90 Å². The van der Waals surface area contributed by atoms with Gasteiger partial charge in [0.15, 0.2) is 0 Å². The van der Waals surface area contributed by atoms with Crippen LogP contribution >= 0.6 is 0 Å². The summed E-state index contributed by atoms with van der Waals surface area (Å²) in [6, 6.07) is 20.5. The van der Waals surface area contributed by atoms with E-state index >= 15 is 0 Å². The summed E-state index contributed by atoms with van der Waals surface area (Å²) in [6.07, 6.45) is 2.66. The molecule has 22 heavy (non-hydrogen) atoms. The average molecular weight is 356 g/mol. The summed E-state index contributed by atoms with van der Waals surface area (Å²) < 4.78 is 1.05. The maximum atomic E-state index is 12.8. The molecule has 0 N–H and O–H groups in total. The molecular weight excluding hydrogens is 337 g/mol. The van der Waals surface area contributed by atoms with E-state index in [0.29, 0.717) is 6.54 Å². The fourth-order valence-electron chi connectivity index (χ4n) is 2.79. The van der Waals surface area contributed by atoms with Crippen LogP contribution in [0.1, 0.15) is 12.0 Å². The molecule has 0 radical (unpaired) electrons. The minimum absolute atomic E-state index is 0.146. The van der Waals surface area contributed by atoms with E-state index in [1.54, 1.807) is 0 Å². The molecule has 2 aromatic rings. The SMILES string of the molecule is C=CC[C@@]1([Se]c2ccccc2)CN(Cc2ccccc2)C1=O. The second kappa shape index (κ2) is 6.51. The Labute approximate surface area is 138 Å². The van der Waals surface area contributed by atoms with E-state index in [-0.39, 0.29) is 25.2 Å². The number of carbonyl (C=O) groups excluding carboxylic acids is 1. The molecule has 1 fully saturated rings. The van der Waals surface area contributed by atoms with E-state index in [1.165, 1.54) is 10.0 Å². The van der Waals surface area contributed by atoms with E-state index in [1.807, 2.05) is 47.4 Å². The Bertz CT molecular complexity index is 656. The first-order chi connectivity index (χ1) is 10.7. The van der Waals surface area contributed by atoms with Crippen LogP contribution in [-0.2, 0) is 11.3 Å². The van der Waals surface area contributed by atoms with Crippen LogP contribution in [0.3, 0.4) is 0 Å². The topological polar surface area (TPSA) is 20.3 Å². The monoisotopic (exact) mass is 357 g/mol. The van der Waals surface area contributed by atoms with Gasteiger partial charge in [-0.1, -0.05) is 0 Å². The van der Waals surface area contributed by atoms with Gasteiger partial charge in [-0.25, -0.2) is 0 Å². The number of rotatable bonds is 6. The Kier molecular flexibility index (Phi) is 4.46. The van der Waals surface area contributed by atoms with Crippen molar-refractivity contribution in [2.24, 2.45) is 0 Å². The van der Waals surface area contributed by atoms with E-state index in [9.17, 15) is 4.79 Å². The first-order valence-corrected chi connectivity index (χ1v) is 9.13. The molecule has 2 aromatic carbocycles. The van der Waals surface area contributed by atoms with Crippen LogP contribution in [-0.4, -0.2) is 32.3 Å². The molecule has 1 atom stereocenters. The zero-order valence-corrected chi connectivity index (χ0v) is 14.2. The summed E-state index contributed by atoms with van der Waals surface area (Å²) in [5.74, 6) is 0.278. The summed E-state index contributed by atoms with van der Waals surface area (Å²) in [5.41, 5.74) is 1.19. The van der Waals surface area contributed by atoms with E-state index < -0.39 is 0 Å². The zero-order chi connectivity index (χ0) is 15.4. The molecule has 112 valence electrons. The van der Waals surface area contributed by atoms with Crippen LogP contribution in [0.4, 0.5) is 0 Å². The number of likely N-dealkylation sites (tertiary alicyclic amines) is 1. The Morgan fingerprint density at radius 3 is 2.32 bits per heavy atom. The molecule has 0 aliphatic carbocycles. The van der Waals surface area contributed by atoms with Gasteiger partial charge in [0.1, 0.15) is 0 Å². The summed E-state index contributed by atoms with van der Waals surface area (Å²) >= 11 is 0.146. The van der Waals surface area contributed by atoms with Crippen molar-refractivity contribution in [3.05, 3.63) is 78.9 Å². The quantitative estimate of drug-likeness (QED) is 0.443. The van der Waals surface area contributed by atoms with Gasteiger partial charge in [-0.3, -0.25) is 0 Å². The van der Waals surface area contributed by atoms with Crippen molar-refractivity contribution in [3.63, 3.8) is 0 Å². The molecule has 0 aromatic heterocycles. The third kappa shape index (κ3) is 3.01. The van der Waals surface area contributed by atoms with Gasteiger partial charge in [-0.15, -0.1) is 0 Å². The van der Waals surface area contributed by atoms with Crippen molar-refractivity contribution in [2.75, 3.05) is 6.54 Å².